The van der Waals surface area contributed by atoms with Crippen LogP contribution in [0, 0.1) is 0 Å². The number of hydrogen-bond acceptors (Lipinski definition) is 7. The minimum Gasteiger partial charge on any atom is -0.490 e. The highest BCUT2D eigenvalue weighted by molar-refractivity contribution is 5.88. The number of hydrogen-bond donors (Lipinski definition) is 0. The Morgan fingerprint density at radius 3 is 2.91 bits per heavy atom. The third-order valence-electron chi connectivity index (χ3n) is 5.85. The van der Waals surface area contributed by atoms with Crippen molar-refractivity contribution < 1.29 is 9.47 Å². The van der Waals surface area contributed by atoms with Crippen LogP contribution in [-0.2, 0) is 4.74 Å². The predicted molar refractivity (Wildman–Crippen MR) is 126 cm³/mol. The number of ether oxygens (including phenoxy) is 2. The Hall–Kier alpha value is -3.72. The molecule has 0 atom stereocenters. The van der Waals surface area contributed by atoms with Crippen LogP contribution >= 0.6 is 0 Å². The molecule has 4 aromatic rings. The fourth-order valence-corrected chi connectivity index (χ4v) is 4.11. The molecule has 170 valence electrons. The number of nitrogens with zero attached hydrogens (tertiary/aromatic N) is 6. The molecule has 0 radical (unpaired) electrons. The van der Waals surface area contributed by atoms with Crippen molar-refractivity contribution in [1.82, 2.24) is 24.3 Å². The normalized spacial score (nSPS) is 13.4. The highest BCUT2D eigenvalue weighted by Gasteiger charge is 2.20. The Kier molecular flexibility index (Phi) is 5.55. The molecule has 0 aliphatic carbocycles. The summed E-state index contributed by atoms with van der Waals surface area (Å²) in [5, 5.41) is 9.69. The van der Waals surface area contributed by atoms with Gasteiger partial charge < -0.3 is 18.9 Å². The van der Waals surface area contributed by atoms with Crippen LogP contribution in [0.4, 0.5) is 5.69 Å². The highest BCUT2D eigenvalue weighted by Crippen LogP contribution is 2.34. The molecule has 9 heteroatoms. The molecule has 0 amide bonds. The van der Waals surface area contributed by atoms with E-state index in [0.717, 1.165) is 24.2 Å². The van der Waals surface area contributed by atoms with Gasteiger partial charge in [0, 0.05) is 25.9 Å². The fraction of sp³-hybridized carbons (Fsp3) is 0.333. The van der Waals surface area contributed by atoms with Crippen molar-refractivity contribution in [3.05, 3.63) is 59.3 Å². The minimum absolute atomic E-state index is 0.150. The minimum atomic E-state index is -0.150. The van der Waals surface area contributed by atoms with Crippen LogP contribution in [-0.4, -0.2) is 57.7 Å². The molecule has 0 spiro atoms. The molecule has 5 rings (SSSR count). The molecule has 1 aromatic carbocycles. The van der Waals surface area contributed by atoms with Crippen molar-refractivity contribution in [2.24, 2.45) is 0 Å². The van der Waals surface area contributed by atoms with E-state index in [1.807, 2.05) is 41.0 Å². The van der Waals surface area contributed by atoms with E-state index >= 15 is 0 Å². The second kappa shape index (κ2) is 8.67. The summed E-state index contributed by atoms with van der Waals surface area (Å²) in [6.45, 7) is 6.88. The van der Waals surface area contributed by atoms with E-state index in [2.05, 4.69) is 28.9 Å². The maximum atomic E-state index is 13.4. The SMILES string of the molecule is COCCN1CCOc2cc3c(=O)n(-c4cccc(-c5nncn5C(C)C)n4)ccc3cc21. The summed E-state index contributed by atoms with van der Waals surface area (Å²) >= 11 is 0. The van der Waals surface area contributed by atoms with Crippen molar-refractivity contribution in [2.75, 3.05) is 38.3 Å². The van der Waals surface area contributed by atoms with Crippen LogP contribution in [0.3, 0.4) is 0 Å². The molecule has 9 nitrogen and oxygen atoms in total. The zero-order chi connectivity index (χ0) is 22.9. The van der Waals surface area contributed by atoms with E-state index in [1.54, 1.807) is 24.2 Å². The molecule has 0 fully saturated rings. The zero-order valence-corrected chi connectivity index (χ0v) is 18.9. The molecule has 0 saturated heterocycles. The summed E-state index contributed by atoms with van der Waals surface area (Å²) < 4.78 is 14.6. The number of pyridine rings is 2. The van der Waals surface area contributed by atoms with Gasteiger partial charge >= 0.3 is 0 Å². The van der Waals surface area contributed by atoms with E-state index in [4.69, 9.17) is 14.5 Å². The van der Waals surface area contributed by atoms with E-state index in [0.29, 0.717) is 41.7 Å². The van der Waals surface area contributed by atoms with Crippen molar-refractivity contribution >= 4 is 16.5 Å². The highest BCUT2D eigenvalue weighted by atomic mass is 16.5. The average Bonchev–Trinajstić information content (AvgIpc) is 3.33. The zero-order valence-electron chi connectivity index (χ0n) is 18.9. The maximum absolute atomic E-state index is 13.4. The molecule has 1 aliphatic rings. The van der Waals surface area contributed by atoms with Gasteiger partial charge in [-0.1, -0.05) is 6.07 Å². The van der Waals surface area contributed by atoms with E-state index < -0.39 is 0 Å². The Balaban J connectivity index is 1.57. The maximum Gasteiger partial charge on any atom is 0.264 e. The number of benzene rings is 1. The Morgan fingerprint density at radius 1 is 1.21 bits per heavy atom. The largest absolute Gasteiger partial charge is 0.490 e. The molecule has 0 saturated carbocycles. The first-order chi connectivity index (χ1) is 16.1. The molecule has 0 unspecified atom stereocenters. The quantitative estimate of drug-likeness (QED) is 0.450. The van der Waals surface area contributed by atoms with Gasteiger partial charge in [-0.15, -0.1) is 10.2 Å². The molecule has 3 aromatic heterocycles. The van der Waals surface area contributed by atoms with Gasteiger partial charge in [0.05, 0.1) is 24.2 Å². The number of rotatable bonds is 6. The van der Waals surface area contributed by atoms with Crippen LogP contribution in [0.2, 0.25) is 0 Å². The van der Waals surface area contributed by atoms with Gasteiger partial charge in [-0.2, -0.15) is 0 Å². The van der Waals surface area contributed by atoms with Crippen LogP contribution in [0.5, 0.6) is 5.75 Å². The summed E-state index contributed by atoms with van der Waals surface area (Å²) in [6.07, 6.45) is 3.45. The van der Waals surface area contributed by atoms with Gasteiger partial charge in [-0.25, -0.2) is 4.98 Å². The third kappa shape index (κ3) is 3.84. The first kappa shape index (κ1) is 21.1. The summed E-state index contributed by atoms with van der Waals surface area (Å²) in [5.41, 5.74) is 1.49. The summed E-state index contributed by atoms with van der Waals surface area (Å²) in [4.78, 5) is 20.4. The molecule has 33 heavy (non-hydrogen) atoms. The van der Waals surface area contributed by atoms with Gasteiger partial charge in [0.2, 0.25) is 0 Å². The lowest BCUT2D eigenvalue weighted by Gasteiger charge is -2.31. The monoisotopic (exact) mass is 446 g/mol. The molecular formula is C24H26N6O3. The average molecular weight is 447 g/mol. The second-order valence-electron chi connectivity index (χ2n) is 8.26. The van der Waals surface area contributed by atoms with Gasteiger partial charge in [0.1, 0.15) is 30.2 Å². The van der Waals surface area contributed by atoms with Crippen molar-refractivity contribution in [1.29, 1.82) is 0 Å². The number of anilines is 1. The first-order valence-electron chi connectivity index (χ1n) is 11.0. The second-order valence-corrected chi connectivity index (χ2v) is 8.26. The van der Waals surface area contributed by atoms with E-state index in [9.17, 15) is 4.79 Å². The fourth-order valence-electron chi connectivity index (χ4n) is 4.11. The Labute approximate surface area is 191 Å². The Morgan fingerprint density at radius 2 is 2.09 bits per heavy atom. The van der Waals surface area contributed by atoms with E-state index in [1.165, 1.54) is 0 Å². The molecule has 1 aliphatic heterocycles. The topological polar surface area (TPSA) is 87.3 Å². The van der Waals surface area contributed by atoms with Gasteiger partial charge in [-0.3, -0.25) is 9.36 Å². The standard InChI is InChI=1S/C24H26N6O3/c1-16(2)30-15-25-27-23(30)19-5-4-6-22(26-19)29-8-7-17-13-20-21(14-18(17)24(29)31)33-12-10-28(20)9-11-32-3/h4-8,13-16H,9-12H2,1-3H3. The number of aromatic nitrogens is 5. The number of fused-ring (bicyclic) bond motifs is 2. The summed E-state index contributed by atoms with van der Waals surface area (Å²) in [7, 11) is 1.69. The molecular weight excluding hydrogens is 420 g/mol. The van der Waals surface area contributed by atoms with Crippen LogP contribution in [0.1, 0.15) is 19.9 Å². The van der Waals surface area contributed by atoms with E-state index in [-0.39, 0.29) is 11.6 Å². The lowest BCUT2D eigenvalue weighted by atomic mass is 10.1. The first-order valence-corrected chi connectivity index (χ1v) is 11.0. The van der Waals surface area contributed by atoms with Crippen LogP contribution in [0.15, 0.2) is 53.7 Å². The van der Waals surface area contributed by atoms with Crippen molar-refractivity contribution in [2.45, 2.75) is 19.9 Å². The van der Waals surface area contributed by atoms with Crippen LogP contribution in [0.25, 0.3) is 28.1 Å². The van der Waals surface area contributed by atoms with Crippen molar-refractivity contribution in [3.8, 4) is 23.1 Å². The molecule has 0 N–H and O–H groups in total. The van der Waals surface area contributed by atoms with Gasteiger partial charge in [0.25, 0.3) is 5.56 Å². The molecule has 4 heterocycles. The predicted octanol–water partition coefficient (Wildman–Crippen LogP) is 3.07. The third-order valence-corrected chi connectivity index (χ3v) is 5.85. The molecule has 0 bridgehead atoms. The number of methoxy groups -OCH3 is 1. The van der Waals surface area contributed by atoms with Crippen molar-refractivity contribution in [3.63, 3.8) is 0 Å². The smallest absolute Gasteiger partial charge is 0.264 e. The van der Waals surface area contributed by atoms with Gasteiger partial charge in [-0.05, 0) is 49.6 Å². The lowest BCUT2D eigenvalue weighted by Crippen LogP contribution is -2.35. The Bertz CT molecular complexity index is 1360. The lowest BCUT2D eigenvalue weighted by molar-refractivity contribution is 0.201. The van der Waals surface area contributed by atoms with Crippen LogP contribution < -0.4 is 15.2 Å². The summed E-state index contributed by atoms with van der Waals surface area (Å²) in [6, 6.07) is 11.5. The summed E-state index contributed by atoms with van der Waals surface area (Å²) in [5.74, 6) is 1.91. The van der Waals surface area contributed by atoms with Gasteiger partial charge in [0.15, 0.2) is 5.82 Å².